The number of nitrogens with zero attached hydrogens (tertiary/aromatic N) is 2. The van der Waals surface area contributed by atoms with Crippen LogP contribution in [0.2, 0.25) is 0 Å². The Bertz CT molecular complexity index is 873. The molecule has 31 heavy (non-hydrogen) atoms. The second-order valence-corrected chi connectivity index (χ2v) is 8.47. The SMILES string of the molecule is COCC(=O)N(C[C@@H]1CN(Cc2ccccc2F)C[C@@H]1c1ccccc1OC)C(C)C. The summed E-state index contributed by atoms with van der Waals surface area (Å²) < 4.78 is 25.0. The van der Waals surface area contributed by atoms with Crippen molar-refractivity contribution in [2.24, 2.45) is 5.92 Å². The maximum Gasteiger partial charge on any atom is 0.248 e. The van der Waals surface area contributed by atoms with Gasteiger partial charge in [0.25, 0.3) is 0 Å². The number of methoxy groups -OCH3 is 2. The third-order valence-electron chi connectivity index (χ3n) is 6.05. The van der Waals surface area contributed by atoms with E-state index in [1.54, 1.807) is 20.3 Å². The van der Waals surface area contributed by atoms with Crippen LogP contribution < -0.4 is 4.74 Å². The number of rotatable bonds is 9. The molecule has 1 aliphatic heterocycles. The van der Waals surface area contributed by atoms with Crippen LogP contribution in [-0.2, 0) is 16.1 Å². The summed E-state index contributed by atoms with van der Waals surface area (Å²) >= 11 is 0. The molecule has 168 valence electrons. The molecule has 2 aromatic carbocycles. The van der Waals surface area contributed by atoms with E-state index >= 15 is 0 Å². The third-order valence-corrected chi connectivity index (χ3v) is 6.05. The zero-order chi connectivity index (χ0) is 22.4. The van der Waals surface area contributed by atoms with Crippen LogP contribution in [-0.4, -0.2) is 62.2 Å². The van der Waals surface area contributed by atoms with Crippen molar-refractivity contribution in [2.75, 3.05) is 40.5 Å². The van der Waals surface area contributed by atoms with E-state index in [1.807, 2.05) is 49.1 Å². The lowest BCUT2D eigenvalue weighted by atomic mass is 9.87. The fourth-order valence-electron chi connectivity index (χ4n) is 4.53. The summed E-state index contributed by atoms with van der Waals surface area (Å²) in [6.07, 6.45) is 0. The van der Waals surface area contributed by atoms with E-state index in [-0.39, 0.29) is 36.2 Å². The molecule has 0 radical (unpaired) electrons. The normalized spacial score (nSPS) is 19.0. The van der Waals surface area contributed by atoms with Gasteiger partial charge in [0.05, 0.1) is 7.11 Å². The third kappa shape index (κ3) is 5.63. The average Bonchev–Trinajstić information content (AvgIpc) is 3.15. The highest BCUT2D eigenvalue weighted by atomic mass is 19.1. The number of hydrogen-bond acceptors (Lipinski definition) is 4. The first-order valence-corrected chi connectivity index (χ1v) is 10.8. The lowest BCUT2D eigenvalue weighted by molar-refractivity contribution is -0.137. The van der Waals surface area contributed by atoms with Gasteiger partial charge in [0, 0.05) is 50.8 Å². The van der Waals surface area contributed by atoms with Gasteiger partial charge < -0.3 is 14.4 Å². The van der Waals surface area contributed by atoms with Crippen molar-refractivity contribution < 1.29 is 18.7 Å². The van der Waals surface area contributed by atoms with Crippen LogP contribution >= 0.6 is 0 Å². The Morgan fingerprint density at radius 2 is 1.84 bits per heavy atom. The number of amides is 1. The maximum absolute atomic E-state index is 14.3. The van der Waals surface area contributed by atoms with E-state index in [4.69, 9.17) is 9.47 Å². The number of benzene rings is 2. The zero-order valence-electron chi connectivity index (χ0n) is 18.9. The van der Waals surface area contributed by atoms with Crippen molar-refractivity contribution in [1.82, 2.24) is 9.80 Å². The minimum atomic E-state index is -0.182. The Kier molecular flexibility index (Phi) is 8.04. The number of hydrogen-bond donors (Lipinski definition) is 0. The summed E-state index contributed by atoms with van der Waals surface area (Å²) in [5.74, 6) is 1.04. The monoisotopic (exact) mass is 428 g/mol. The lowest BCUT2D eigenvalue weighted by Gasteiger charge is -2.31. The van der Waals surface area contributed by atoms with E-state index in [0.717, 1.165) is 24.4 Å². The molecule has 0 bridgehead atoms. The molecule has 2 atom stereocenters. The van der Waals surface area contributed by atoms with Gasteiger partial charge in [-0.2, -0.15) is 0 Å². The first-order chi connectivity index (χ1) is 14.9. The molecule has 1 heterocycles. The van der Waals surface area contributed by atoms with Crippen molar-refractivity contribution in [1.29, 1.82) is 0 Å². The van der Waals surface area contributed by atoms with Gasteiger partial charge in [-0.1, -0.05) is 36.4 Å². The molecule has 0 unspecified atom stereocenters. The Labute approximate surface area is 184 Å². The second-order valence-electron chi connectivity index (χ2n) is 8.47. The molecule has 5 nitrogen and oxygen atoms in total. The van der Waals surface area contributed by atoms with Crippen LogP contribution in [0.1, 0.15) is 30.9 Å². The largest absolute Gasteiger partial charge is 0.496 e. The zero-order valence-corrected chi connectivity index (χ0v) is 18.9. The summed E-state index contributed by atoms with van der Waals surface area (Å²) in [6, 6.07) is 15.0. The molecular weight excluding hydrogens is 395 g/mol. The molecule has 1 fully saturated rings. The predicted molar refractivity (Wildman–Crippen MR) is 120 cm³/mol. The standard InChI is InChI=1S/C25H33FN2O3/c1-18(2)28(25(29)17-30-3)15-20-14-27(13-19-9-5-7-11-23(19)26)16-22(20)21-10-6-8-12-24(21)31-4/h5-12,18,20,22H,13-17H2,1-4H3/t20-,22-/m0/s1. The van der Waals surface area contributed by atoms with Crippen LogP contribution in [0.25, 0.3) is 0 Å². The summed E-state index contributed by atoms with van der Waals surface area (Å²) in [6.45, 7) is 6.85. The smallest absolute Gasteiger partial charge is 0.248 e. The average molecular weight is 429 g/mol. The Hall–Kier alpha value is -2.44. The summed E-state index contributed by atoms with van der Waals surface area (Å²) in [7, 11) is 3.22. The second kappa shape index (κ2) is 10.7. The predicted octanol–water partition coefficient (Wildman–Crippen LogP) is 3.93. The van der Waals surface area contributed by atoms with Crippen molar-refractivity contribution in [3.8, 4) is 5.75 Å². The highest BCUT2D eigenvalue weighted by molar-refractivity contribution is 5.77. The van der Waals surface area contributed by atoms with Gasteiger partial charge in [-0.05, 0) is 37.5 Å². The van der Waals surface area contributed by atoms with Crippen LogP contribution in [0.4, 0.5) is 4.39 Å². The van der Waals surface area contributed by atoms with Gasteiger partial charge in [0.2, 0.25) is 5.91 Å². The first-order valence-electron chi connectivity index (χ1n) is 10.8. The van der Waals surface area contributed by atoms with Gasteiger partial charge in [0.15, 0.2) is 0 Å². The number of ether oxygens (including phenoxy) is 2. The molecule has 1 amide bonds. The summed E-state index contributed by atoms with van der Waals surface area (Å²) in [5, 5.41) is 0. The molecule has 0 spiro atoms. The van der Waals surface area contributed by atoms with E-state index in [1.165, 1.54) is 6.07 Å². The van der Waals surface area contributed by atoms with Gasteiger partial charge in [0.1, 0.15) is 18.2 Å². The molecule has 1 aliphatic rings. The molecule has 0 saturated carbocycles. The lowest BCUT2D eigenvalue weighted by Crippen LogP contribution is -2.43. The minimum absolute atomic E-state index is 0.0103. The Balaban J connectivity index is 1.87. The van der Waals surface area contributed by atoms with Crippen LogP contribution in [0.15, 0.2) is 48.5 Å². The van der Waals surface area contributed by atoms with Crippen molar-refractivity contribution in [3.63, 3.8) is 0 Å². The molecular formula is C25H33FN2O3. The molecule has 0 aliphatic carbocycles. The number of carbonyl (C=O) groups excluding carboxylic acids is 1. The van der Waals surface area contributed by atoms with E-state index < -0.39 is 0 Å². The topological polar surface area (TPSA) is 42.0 Å². The summed E-state index contributed by atoms with van der Waals surface area (Å²) in [4.78, 5) is 16.8. The van der Waals surface area contributed by atoms with Crippen molar-refractivity contribution in [3.05, 3.63) is 65.5 Å². The van der Waals surface area contributed by atoms with Gasteiger partial charge in [-0.3, -0.25) is 9.69 Å². The van der Waals surface area contributed by atoms with E-state index in [0.29, 0.717) is 18.7 Å². The molecule has 1 saturated heterocycles. The number of halogens is 1. The fourth-order valence-corrected chi connectivity index (χ4v) is 4.53. The highest BCUT2D eigenvalue weighted by Crippen LogP contribution is 2.38. The number of likely N-dealkylation sites (tertiary alicyclic amines) is 1. The van der Waals surface area contributed by atoms with Crippen molar-refractivity contribution >= 4 is 5.91 Å². The maximum atomic E-state index is 14.3. The van der Waals surface area contributed by atoms with E-state index in [9.17, 15) is 9.18 Å². The minimum Gasteiger partial charge on any atom is -0.496 e. The summed E-state index contributed by atoms with van der Waals surface area (Å²) in [5.41, 5.74) is 1.83. The molecule has 2 aromatic rings. The van der Waals surface area contributed by atoms with Gasteiger partial charge in [-0.25, -0.2) is 4.39 Å². The molecule has 3 rings (SSSR count). The quantitative estimate of drug-likeness (QED) is 0.607. The Morgan fingerprint density at radius 3 is 2.52 bits per heavy atom. The van der Waals surface area contributed by atoms with Crippen LogP contribution in [0, 0.1) is 11.7 Å². The molecule has 0 aromatic heterocycles. The first kappa shape index (κ1) is 23.2. The fraction of sp³-hybridized carbons (Fsp3) is 0.480. The van der Waals surface area contributed by atoms with E-state index in [2.05, 4.69) is 11.0 Å². The highest BCUT2D eigenvalue weighted by Gasteiger charge is 2.37. The van der Waals surface area contributed by atoms with Crippen molar-refractivity contribution in [2.45, 2.75) is 32.4 Å². The van der Waals surface area contributed by atoms with Crippen LogP contribution in [0.3, 0.4) is 0 Å². The van der Waals surface area contributed by atoms with Gasteiger partial charge >= 0.3 is 0 Å². The van der Waals surface area contributed by atoms with Crippen LogP contribution in [0.5, 0.6) is 5.75 Å². The molecule has 0 N–H and O–H groups in total. The molecule has 6 heteroatoms. The Morgan fingerprint density at radius 1 is 1.13 bits per heavy atom. The number of carbonyl (C=O) groups is 1. The number of para-hydroxylation sites is 1. The van der Waals surface area contributed by atoms with Gasteiger partial charge in [-0.15, -0.1) is 0 Å².